The smallest absolute Gasteiger partial charge is 0.290 e. The van der Waals surface area contributed by atoms with Crippen LogP contribution in [0.1, 0.15) is 36.3 Å². The molecule has 0 unspecified atom stereocenters. The molecule has 0 bridgehead atoms. The topological polar surface area (TPSA) is 108 Å². The lowest BCUT2D eigenvalue weighted by Crippen LogP contribution is -2.33. The third-order valence-electron chi connectivity index (χ3n) is 3.42. The van der Waals surface area contributed by atoms with Gasteiger partial charge >= 0.3 is 0 Å². The number of rotatable bonds is 3. The molecule has 1 aliphatic heterocycles. The summed E-state index contributed by atoms with van der Waals surface area (Å²) in [4.78, 5) is 22.5. The molecule has 0 radical (unpaired) electrons. The Morgan fingerprint density at radius 2 is 2.24 bits per heavy atom. The third kappa shape index (κ3) is 4.38. The zero-order chi connectivity index (χ0) is 15.1. The molecule has 0 spiro atoms. The van der Waals surface area contributed by atoms with Crippen molar-refractivity contribution in [2.45, 2.75) is 32.2 Å². The van der Waals surface area contributed by atoms with E-state index < -0.39 is 0 Å². The molecule has 1 fully saturated rings. The van der Waals surface area contributed by atoms with Gasteiger partial charge in [0, 0.05) is 25.2 Å². The van der Waals surface area contributed by atoms with Crippen LogP contribution in [0.25, 0.3) is 0 Å². The van der Waals surface area contributed by atoms with Gasteiger partial charge in [-0.05, 0) is 25.9 Å². The Balaban J connectivity index is 0.000000497. The van der Waals surface area contributed by atoms with Crippen molar-refractivity contribution in [2.24, 2.45) is 0 Å². The number of aryl methyl sites for hydroxylation is 1. The van der Waals surface area contributed by atoms with Crippen LogP contribution in [0.5, 0.6) is 0 Å². The number of hydrogen-bond donors (Lipinski definition) is 2. The van der Waals surface area contributed by atoms with E-state index in [1.54, 1.807) is 6.20 Å². The highest BCUT2D eigenvalue weighted by Gasteiger charge is 2.24. The van der Waals surface area contributed by atoms with Gasteiger partial charge < -0.3 is 14.6 Å². The van der Waals surface area contributed by atoms with Crippen LogP contribution in [0.15, 0.2) is 16.9 Å². The molecule has 3 heterocycles. The molecule has 3 rings (SSSR count). The molecule has 2 aromatic rings. The summed E-state index contributed by atoms with van der Waals surface area (Å²) in [6.07, 6.45) is 5.83. The third-order valence-corrected chi connectivity index (χ3v) is 3.42. The summed E-state index contributed by atoms with van der Waals surface area (Å²) in [5, 5.41) is 10.9. The number of aromatic nitrogens is 4. The SMILES string of the molecule is Cc1nc(C2CCN(Cc3ncc[nH]3)CC2)no1.O=CO. The summed E-state index contributed by atoms with van der Waals surface area (Å²) in [6.45, 7) is 4.59. The second-order valence-corrected chi connectivity index (χ2v) is 4.86. The molecule has 0 saturated carbocycles. The van der Waals surface area contributed by atoms with Gasteiger partial charge in [-0.25, -0.2) is 4.98 Å². The van der Waals surface area contributed by atoms with Crippen molar-refractivity contribution in [3.63, 3.8) is 0 Å². The Labute approximate surface area is 122 Å². The molecule has 2 N–H and O–H groups in total. The van der Waals surface area contributed by atoms with Gasteiger partial charge in [-0.2, -0.15) is 4.98 Å². The van der Waals surface area contributed by atoms with Crippen molar-refractivity contribution in [3.8, 4) is 0 Å². The van der Waals surface area contributed by atoms with Crippen LogP contribution in [-0.4, -0.2) is 49.7 Å². The molecule has 1 saturated heterocycles. The second kappa shape index (κ2) is 7.53. The van der Waals surface area contributed by atoms with Gasteiger partial charge in [-0.1, -0.05) is 5.16 Å². The summed E-state index contributed by atoms with van der Waals surface area (Å²) < 4.78 is 5.04. The van der Waals surface area contributed by atoms with Crippen molar-refractivity contribution in [1.29, 1.82) is 0 Å². The Morgan fingerprint density at radius 1 is 1.52 bits per heavy atom. The number of piperidine rings is 1. The average Bonchev–Trinajstić information content (AvgIpc) is 3.12. The van der Waals surface area contributed by atoms with Crippen LogP contribution in [0.2, 0.25) is 0 Å². The zero-order valence-electron chi connectivity index (χ0n) is 11.9. The van der Waals surface area contributed by atoms with E-state index in [2.05, 4.69) is 25.0 Å². The first-order valence-electron chi connectivity index (χ1n) is 6.81. The monoisotopic (exact) mass is 293 g/mol. The maximum atomic E-state index is 8.36. The highest BCUT2D eigenvalue weighted by Crippen LogP contribution is 2.26. The summed E-state index contributed by atoms with van der Waals surface area (Å²) in [5.41, 5.74) is 0. The number of imidazole rings is 1. The highest BCUT2D eigenvalue weighted by atomic mass is 16.5. The summed E-state index contributed by atoms with van der Waals surface area (Å²) in [6, 6.07) is 0. The molecule has 114 valence electrons. The lowest BCUT2D eigenvalue weighted by Gasteiger charge is -2.29. The number of likely N-dealkylation sites (tertiary alicyclic amines) is 1. The van der Waals surface area contributed by atoms with Gasteiger partial charge in [0.25, 0.3) is 6.47 Å². The predicted molar refractivity (Wildman–Crippen MR) is 73.6 cm³/mol. The lowest BCUT2D eigenvalue weighted by atomic mass is 9.96. The molecule has 8 heteroatoms. The van der Waals surface area contributed by atoms with E-state index in [0.29, 0.717) is 11.8 Å². The minimum atomic E-state index is -0.250. The van der Waals surface area contributed by atoms with Gasteiger partial charge in [0.2, 0.25) is 5.89 Å². The Kier molecular flexibility index (Phi) is 5.44. The van der Waals surface area contributed by atoms with Crippen molar-refractivity contribution < 1.29 is 14.4 Å². The van der Waals surface area contributed by atoms with Crippen molar-refractivity contribution in [3.05, 3.63) is 29.9 Å². The molecule has 8 nitrogen and oxygen atoms in total. The van der Waals surface area contributed by atoms with Gasteiger partial charge in [-0.3, -0.25) is 9.69 Å². The Hall–Kier alpha value is -2.22. The first-order chi connectivity index (χ1) is 10.2. The molecule has 1 aliphatic rings. The first kappa shape index (κ1) is 15.2. The van der Waals surface area contributed by atoms with Crippen LogP contribution in [-0.2, 0) is 11.3 Å². The van der Waals surface area contributed by atoms with E-state index in [-0.39, 0.29) is 6.47 Å². The van der Waals surface area contributed by atoms with Gasteiger partial charge in [0.1, 0.15) is 5.82 Å². The number of carboxylic acid groups (broad SMARTS) is 1. The number of H-pyrrole nitrogens is 1. The summed E-state index contributed by atoms with van der Waals surface area (Å²) in [7, 11) is 0. The van der Waals surface area contributed by atoms with Crippen molar-refractivity contribution >= 4 is 6.47 Å². The van der Waals surface area contributed by atoms with E-state index in [4.69, 9.17) is 14.4 Å². The van der Waals surface area contributed by atoms with Crippen LogP contribution in [0, 0.1) is 6.92 Å². The fourth-order valence-electron chi connectivity index (χ4n) is 2.43. The molecule has 0 amide bonds. The molecule has 21 heavy (non-hydrogen) atoms. The van der Waals surface area contributed by atoms with Gasteiger partial charge in [-0.15, -0.1) is 0 Å². The predicted octanol–water partition coefficient (Wildman–Crippen LogP) is 1.18. The van der Waals surface area contributed by atoms with Crippen LogP contribution in [0.3, 0.4) is 0 Å². The van der Waals surface area contributed by atoms with Crippen molar-refractivity contribution in [2.75, 3.05) is 13.1 Å². The van der Waals surface area contributed by atoms with Gasteiger partial charge in [0.05, 0.1) is 6.54 Å². The van der Waals surface area contributed by atoms with E-state index in [1.165, 1.54) is 0 Å². The normalized spacial score (nSPS) is 16.2. The van der Waals surface area contributed by atoms with Gasteiger partial charge in [0.15, 0.2) is 5.82 Å². The minimum absolute atomic E-state index is 0.250. The summed E-state index contributed by atoms with van der Waals surface area (Å²) >= 11 is 0. The fraction of sp³-hybridized carbons (Fsp3) is 0.538. The number of nitrogens with zero attached hydrogens (tertiary/aromatic N) is 4. The molecule has 2 aromatic heterocycles. The van der Waals surface area contributed by atoms with Crippen molar-refractivity contribution in [1.82, 2.24) is 25.0 Å². The van der Waals surface area contributed by atoms with Crippen LogP contribution >= 0.6 is 0 Å². The van der Waals surface area contributed by atoms with E-state index in [9.17, 15) is 0 Å². The highest BCUT2D eigenvalue weighted by molar-refractivity contribution is 5.32. The molecular weight excluding hydrogens is 274 g/mol. The first-order valence-corrected chi connectivity index (χ1v) is 6.81. The minimum Gasteiger partial charge on any atom is -0.483 e. The second-order valence-electron chi connectivity index (χ2n) is 4.86. The fourth-order valence-corrected chi connectivity index (χ4v) is 2.43. The molecular formula is C13H19N5O3. The Morgan fingerprint density at radius 3 is 2.76 bits per heavy atom. The zero-order valence-corrected chi connectivity index (χ0v) is 11.9. The Bertz CT molecular complexity index is 532. The molecule has 0 aliphatic carbocycles. The van der Waals surface area contributed by atoms with E-state index in [1.807, 2.05) is 13.1 Å². The standard InChI is InChI=1S/C12H17N5O.CH2O2/c1-9-15-12(16-18-9)10-2-6-17(7-3-10)8-11-13-4-5-14-11;2-1-3/h4-5,10H,2-3,6-8H2,1H3,(H,13,14);1H,(H,2,3). The van der Waals surface area contributed by atoms with Crippen LogP contribution in [0.4, 0.5) is 0 Å². The summed E-state index contributed by atoms with van der Waals surface area (Å²) in [5.74, 6) is 2.99. The number of aromatic amines is 1. The maximum Gasteiger partial charge on any atom is 0.290 e. The lowest BCUT2D eigenvalue weighted by molar-refractivity contribution is -0.122. The maximum absolute atomic E-state index is 8.36. The average molecular weight is 293 g/mol. The number of hydrogen-bond acceptors (Lipinski definition) is 6. The number of carbonyl (C=O) groups is 1. The van der Waals surface area contributed by atoms with E-state index in [0.717, 1.165) is 44.1 Å². The van der Waals surface area contributed by atoms with E-state index >= 15 is 0 Å². The largest absolute Gasteiger partial charge is 0.483 e. The molecule has 0 atom stereocenters. The number of nitrogens with one attached hydrogen (secondary N) is 1. The van der Waals surface area contributed by atoms with Crippen LogP contribution < -0.4 is 0 Å². The molecule has 0 aromatic carbocycles. The quantitative estimate of drug-likeness (QED) is 0.818.